The number of hydrogen-bond donors (Lipinski definition) is 1. The number of pyridine rings is 1. The van der Waals surface area contributed by atoms with Crippen molar-refractivity contribution in [2.45, 2.75) is 38.1 Å². The van der Waals surface area contributed by atoms with Crippen molar-refractivity contribution in [1.82, 2.24) is 25.2 Å². The minimum atomic E-state index is -1.11. The number of nitrogens with zero attached hydrogens (tertiary/aromatic N) is 4. The van der Waals surface area contributed by atoms with Crippen molar-refractivity contribution in [2.75, 3.05) is 33.3 Å². The molecule has 38 heavy (non-hydrogen) atoms. The normalized spacial score (nSPS) is 18.8. The van der Waals surface area contributed by atoms with E-state index >= 15 is 0 Å². The van der Waals surface area contributed by atoms with Gasteiger partial charge in [0.15, 0.2) is 11.6 Å². The number of hydrogen-bond acceptors (Lipinski definition) is 6. The number of rotatable bonds is 9. The van der Waals surface area contributed by atoms with E-state index in [1.54, 1.807) is 0 Å². The summed E-state index contributed by atoms with van der Waals surface area (Å²) >= 11 is 0. The number of hydrazine groups is 1. The maximum absolute atomic E-state index is 13.9. The zero-order valence-electron chi connectivity index (χ0n) is 21.4. The summed E-state index contributed by atoms with van der Waals surface area (Å²) in [6.07, 6.45) is 4.94. The Morgan fingerprint density at radius 3 is 2.61 bits per heavy atom. The molecule has 0 spiro atoms. The molecule has 202 valence electrons. The molecule has 2 aliphatic rings. The van der Waals surface area contributed by atoms with Gasteiger partial charge in [-0.25, -0.2) is 28.4 Å². The topological polar surface area (TPSA) is 95.1 Å². The molecule has 1 fully saturated rings. The minimum Gasteiger partial charge on any atom is -0.466 e. The van der Waals surface area contributed by atoms with Gasteiger partial charge in [-0.2, -0.15) is 0 Å². The van der Waals surface area contributed by atoms with Gasteiger partial charge >= 0.3 is 12.0 Å². The molecule has 0 bridgehead atoms. The fraction of sp³-hybridized carbons (Fsp3) is 0.407. The summed E-state index contributed by atoms with van der Waals surface area (Å²) in [6.45, 7) is 4.30. The summed E-state index contributed by atoms with van der Waals surface area (Å²) in [5, 5.41) is 4.91. The lowest BCUT2D eigenvalue weighted by atomic mass is 9.93. The second kappa shape index (κ2) is 12.1. The van der Waals surface area contributed by atoms with Gasteiger partial charge < -0.3 is 15.0 Å². The maximum atomic E-state index is 13.9. The van der Waals surface area contributed by atoms with Crippen LogP contribution in [0.15, 0.2) is 53.9 Å². The smallest absolute Gasteiger partial charge is 0.341 e. The molecule has 1 unspecified atom stereocenters. The Balaban J connectivity index is 1.43. The molecule has 2 aliphatic heterocycles. The van der Waals surface area contributed by atoms with E-state index in [1.807, 2.05) is 18.3 Å². The van der Waals surface area contributed by atoms with Crippen LogP contribution in [0.3, 0.4) is 0 Å². The summed E-state index contributed by atoms with van der Waals surface area (Å²) in [7, 11) is 1.18. The van der Waals surface area contributed by atoms with Crippen molar-refractivity contribution in [2.24, 2.45) is 0 Å². The number of carbonyl (C=O) groups excluding carboxylic acids is 3. The molecule has 11 heteroatoms. The van der Waals surface area contributed by atoms with E-state index < -0.39 is 29.7 Å². The Hall–Kier alpha value is -3.86. The van der Waals surface area contributed by atoms with Crippen LogP contribution in [0.5, 0.6) is 0 Å². The van der Waals surface area contributed by atoms with Crippen molar-refractivity contribution >= 4 is 18.4 Å². The lowest BCUT2D eigenvalue weighted by Gasteiger charge is -2.39. The highest BCUT2D eigenvalue weighted by Crippen LogP contribution is 2.32. The van der Waals surface area contributed by atoms with E-state index in [2.05, 4.69) is 21.3 Å². The van der Waals surface area contributed by atoms with Crippen LogP contribution in [-0.2, 0) is 14.3 Å². The Morgan fingerprint density at radius 2 is 1.97 bits per heavy atom. The predicted octanol–water partition coefficient (Wildman–Crippen LogP) is 3.52. The van der Waals surface area contributed by atoms with Gasteiger partial charge in [0.1, 0.15) is 0 Å². The van der Waals surface area contributed by atoms with Crippen molar-refractivity contribution in [3.8, 4) is 0 Å². The molecular formula is C27H31F2N5O4. The van der Waals surface area contributed by atoms with Gasteiger partial charge in [-0.3, -0.25) is 9.78 Å². The number of ether oxygens (including phenoxy) is 1. The number of carbonyl (C=O) groups is 3. The highest BCUT2D eigenvalue weighted by molar-refractivity contribution is 5.95. The standard InChI is InChI=1S/C27H31F2N5O4/c1-18-24(26(36)38-2)25(20-7-8-21(28)22(29)16-20)31-27(37)34(18)33(17-35)13-5-12-32-14-9-19(10-15-32)23-6-3-4-11-30-23/h3-4,6-8,11,16-17,19,25H,5,9-10,12-15H2,1-2H3,(H,31,37). The Bertz CT molecular complexity index is 1200. The average Bonchev–Trinajstić information content (AvgIpc) is 2.93. The Kier molecular flexibility index (Phi) is 8.67. The SMILES string of the molecule is COC(=O)C1=C(C)N(N(C=O)CCCN2CCC(c3ccccn3)CC2)C(=O)NC1c1ccc(F)c(F)c1. The van der Waals surface area contributed by atoms with Gasteiger partial charge in [0.05, 0.1) is 24.4 Å². The molecule has 4 rings (SSSR count). The van der Waals surface area contributed by atoms with Crippen LogP contribution in [0.2, 0.25) is 0 Å². The van der Waals surface area contributed by atoms with Crippen molar-refractivity contribution < 1.29 is 27.9 Å². The van der Waals surface area contributed by atoms with E-state index in [0.29, 0.717) is 18.7 Å². The van der Waals surface area contributed by atoms with Gasteiger partial charge in [0, 0.05) is 24.4 Å². The van der Waals surface area contributed by atoms with Gasteiger partial charge in [-0.05, 0) is 75.6 Å². The molecule has 1 aromatic heterocycles. The summed E-state index contributed by atoms with van der Waals surface area (Å²) in [5.41, 5.74) is 1.46. The zero-order chi connectivity index (χ0) is 27.2. The average molecular weight is 528 g/mol. The second-order valence-corrected chi connectivity index (χ2v) is 9.35. The highest BCUT2D eigenvalue weighted by atomic mass is 19.2. The molecule has 1 aromatic carbocycles. The first kappa shape index (κ1) is 27.2. The van der Waals surface area contributed by atoms with E-state index in [-0.39, 0.29) is 23.4 Å². The number of allylic oxidation sites excluding steroid dienone is 1. The van der Waals surface area contributed by atoms with E-state index in [9.17, 15) is 23.2 Å². The number of aromatic nitrogens is 1. The fourth-order valence-corrected chi connectivity index (χ4v) is 5.08. The minimum absolute atomic E-state index is 0.0153. The lowest BCUT2D eigenvalue weighted by Crippen LogP contribution is -2.55. The molecule has 0 aliphatic carbocycles. The number of likely N-dealkylation sites (tertiary alicyclic amines) is 1. The number of piperidine rings is 1. The van der Waals surface area contributed by atoms with Crippen LogP contribution in [-0.4, -0.2) is 71.6 Å². The number of amides is 3. The number of halogens is 2. The number of urea groups is 1. The van der Waals surface area contributed by atoms with Crippen molar-refractivity contribution in [1.29, 1.82) is 0 Å². The number of esters is 1. The first-order chi connectivity index (χ1) is 18.3. The summed E-state index contributed by atoms with van der Waals surface area (Å²) in [6, 6.07) is 7.34. The molecule has 1 N–H and O–H groups in total. The molecular weight excluding hydrogens is 496 g/mol. The van der Waals surface area contributed by atoms with Gasteiger partial charge in [-0.1, -0.05) is 12.1 Å². The Morgan fingerprint density at radius 1 is 1.21 bits per heavy atom. The second-order valence-electron chi connectivity index (χ2n) is 9.35. The van der Waals surface area contributed by atoms with Gasteiger partial charge in [-0.15, -0.1) is 0 Å². The first-order valence-electron chi connectivity index (χ1n) is 12.5. The third kappa shape index (κ3) is 5.83. The molecule has 9 nitrogen and oxygen atoms in total. The Labute approximate surface area is 220 Å². The fourth-order valence-electron chi connectivity index (χ4n) is 5.08. The van der Waals surface area contributed by atoms with Crippen LogP contribution >= 0.6 is 0 Å². The largest absolute Gasteiger partial charge is 0.466 e. The van der Waals surface area contributed by atoms with Crippen LogP contribution in [0.25, 0.3) is 0 Å². The number of nitrogens with one attached hydrogen (secondary N) is 1. The van der Waals surface area contributed by atoms with Crippen LogP contribution < -0.4 is 5.32 Å². The zero-order valence-corrected chi connectivity index (χ0v) is 21.4. The van der Waals surface area contributed by atoms with Crippen molar-refractivity contribution in [3.05, 3.63) is 76.8 Å². The molecule has 3 heterocycles. The van der Waals surface area contributed by atoms with Crippen LogP contribution in [0.1, 0.15) is 49.4 Å². The quantitative estimate of drug-likeness (QED) is 0.396. The molecule has 1 saturated heterocycles. The molecule has 1 atom stereocenters. The van der Waals surface area contributed by atoms with Crippen molar-refractivity contribution in [3.63, 3.8) is 0 Å². The monoisotopic (exact) mass is 527 g/mol. The maximum Gasteiger partial charge on any atom is 0.341 e. The van der Waals surface area contributed by atoms with Crippen LogP contribution in [0, 0.1) is 11.6 Å². The number of methoxy groups -OCH3 is 1. The van der Waals surface area contributed by atoms with Crippen LogP contribution in [0.4, 0.5) is 13.6 Å². The molecule has 3 amide bonds. The first-order valence-corrected chi connectivity index (χ1v) is 12.5. The lowest BCUT2D eigenvalue weighted by molar-refractivity contribution is -0.138. The molecule has 2 aromatic rings. The highest BCUT2D eigenvalue weighted by Gasteiger charge is 2.39. The van der Waals surface area contributed by atoms with E-state index in [0.717, 1.165) is 55.3 Å². The van der Waals surface area contributed by atoms with Gasteiger partial charge in [0.2, 0.25) is 6.41 Å². The van der Waals surface area contributed by atoms with Gasteiger partial charge in [0.25, 0.3) is 0 Å². The molecule has 0 radical (unpaired) electrons. The number of benzene rings is 1. The third-order valence-corrected chi connectivity index (χ3v) is 7.07. The summed E-state index contributed by atoms with van der Waals surface area (Å²) in [5.74, 6) is -2.49. The molecule has 0 saturated carbocycles. The van der Waals surface area contributed by atoms with E-state index in [4.69, 9.17) is 4.74 Å². The summed E-state index contributed by atoms with van der Waals surface area (Å²) < 4.78 is 32.3. The third-order valence-electron chi connectivity index (χ3n) is 7.07. The van der Waals surface area contributed by atoms with E-state index in [1.165, 1.54) is 25.1 Å². The predicted molar refractivity (Wildman–Crippen MR) is 134 cm³/mol. The summed E-state index contributed by atoms with van der Waals surface area (Å²) in [4.78, 5) is 44.6.